The van der Waals surface area contributed by atoms with E-state index >= 15 is 0 Å². The van der Waals surface area contributed by atoms with Gasteiger partial charge in [0.15, 0.2) is 8.29 Å². The Hall–Kier alpha value is -1.18. The molecule has 3 rings (SSSR count). The monoisotopic (exact) mass is 393 g/mol. The molecule has 1 saturated carbocycles. The number of aromatic nitrogens is 2. The van der Waals surface area contributed by atoms with E-state index in [1.807, 2.05) is 37.3 Å². The van der Waals surface area contributed by atoms with Crippen molar-refractivity contribution in [1.29, 1.82) is 0 Å². The predicted octanol–water partition coefficient (Wildman–Crippen LogP) is 4.84. The van der Waals surface area contributed by atoms with E-state index < -0.39 is 0 Å². The molecule has 0 bridgehead atoms. The standard InChI is InChI=1S/C18H23N3OS3/c1-13(16(22)19-12-14-8-4-2-5-9-14)24-17-20-21(18(23)25-17)15-10-6-3-7-11-15/h3,6-7,10-11,13-14H,2,4-5,8-9,12H2,1H3,(H,19,22). The van der Waals surface area contributed by atoms with Crippen LogP contribution in [-0.2, 0) is 4.79 Å². The molecule has 1 aliphatic carbocycles. The van der Waals surface area contributed by atoms with Crippen LogP contribution in [0.15, 0.2) is 34.7 Å². The van der Waals surface area contributed by atoms with Crippen LogP contribution in [0.3, 0.4) is 0 Å². The van der Waals surface area contributed by atoms with Gasteiger partial charge in [-0.05, 0) is 50.0 Å². The van der Waals surface area contributed by atoms with Gasteiger partial charge in [0.25, 0.3) is 0 Å². The molecule has 7 heteroatoms. The number of hydrogen-bond donors (Lipinski definition) is 1. The van der Waals surface area contributed by atoms with Gasteiger partial charge in [-0.25, -0.2) is 4.68 Å². The second-order valence-corrected chi connectivity index (χ2v) is 9.60. The van der Waals surface area contributed by atoms with E-state index in [9.17, 15) is 4.79 Å². The van der Waals surface area contributed by atoms with Gasteiger partial charge in [-0.15, -0.1) is 5.10 Å². The molecule has 1 aliphatic rings. The molecule has 0 saturated heterocycles. The minimum absolute atomic E-state index is 0.0861. The number of thioether (sulfide) groups is 1. The zero-order valence-corrected chi connectivity index (χ0v) is 16.8. The molecule has 2 aromatic rings. The van der Waals surface area contributed by atoms with Gasteiger partial charge in [0.05, 0.1) is 10.9 Å². The molecule has 1 N–H and O–H groups in total. The summed E-state index contributed by atoms with van der Waals surface area (Å²) in [7, 11) is 0. The number of nitrogens with one attached hydrogen (secondary N) is 1. The Balaban J connectivity index is 1.56. The number of hydrogen-bond acceptors (Lipinski definition) is 5. The Kier molecular flexibility index (Phi) is 6.67. The largest absolute Gasteiger partial charge is 0.355 e. The van der Waals surface area contributed by atoms with Crippen molar-refractivity contribution in [3.63, 3.8) is 0 Å². The lowest BCUT2D eigenvalue weighted by atomic mass is 9.89. The summed E-state index contributed by atoms with van der Waals surface area (Å²) in [6.45, 7) is 2.73. The van der Waals surface area contributed by atoms with E-state index in [1.165, 1.54) is 55.2 Å². The maximum absolute atomic E-state index is 12.4. The highest BCUT2D eigenvalue weighted by Crippen LogP contribution is 2.28. The summed E-state index contributed by atoms with van der Waals surface area (Å²) >= 11 is 8.34. The van der Waals surface area contributed by atoms with Crippen LogP contribution < -0.4 is 5.32 Å². The summed E-state index contributed by atoms with van der Waals surface area (Å²) in [5.41, 5.74) is 0.949. The van der Waals surface area contributed by atoms with Crippen molar-refractivity contribution in [3.8, 4) is 5.69 Å². The number of para-hydroxylation sites is 1. The van der Waals surface area contributed by atoms with Crippen molar-refractivity contribution in [2.24, 2.45) is 5.92 Å². The predicted molar refractivity (Wildman–Crippen MR) is 107 cm³/mol. The average molecular weight is 394 g/mol. The molecule has 1 heterocycles. The lowest BCUT2D eigenvalue weighted by Crippen LogP contribution is -2.35. The van der Waals surface area contributed by atoms with E-state index in [2.05, 4.69) is 10.4 Å². The summed E-state index contributed by atoms with van der Waals surface area (Å²) in [5, 5.41) is 7.50. The van der Waals surface area contributed by atoms with Crippen LogP contribution in [0.4, 0.5) is 0 Å². The third-order valence-corrected chi connectivity index (χ3v) is 6.88. The first-order valence-corrected chi connectivity index (χ1v) is 10.8. The van der Waals surface area contributed by atoms with Gasteiger partial charge in [-0.2, -0.15) is 0 Å². The van der Waals surface area contributed by atoms with Crippen LogP contribution in [0.5, 0.6) is 0 Å². The Morgan fingerprint density at radius 1 is 1.36 bits per heavy atom. The van der Waals surface area contributed by atoms with Crippen molar-refractivity contribution in [2.75, 3.05) is 6.54 Å². The van der Waals surface area contributed by atoms with Crippen LogP contribution in [-0.4, -0.2) is 27.5 Å². The van der Waals surface area contributed by atoms with Crippen LogP contribution in [0.25, 0.3) is 5.69 Å². The molecule has 25 heavy (non-hydrogen) atoms. The first-order chi connectivity index (χ1) is 12.1. The zero-order valence-electron chi connectivity index (χ0n) is 14.3. The number of benzene rings is 1. The average Bonchev–Trinajstić information content (AvgIpc) is 3.01. The lowest BCUT2D eigenvalue weighted by Gasteiger charge is -2.22. The number of carbonyl (C=O) groups excluding carboxylic acids is 1. The third-order valence-electron chi connectivity index (χ3n) is 4.47. The second kappa shape index (κ2) is 8.96. The fourth-order valence-electron chi connectivity index (χ4n) is 3.03. The van der Waals surface area contributed by atoms with E-state index in [-0.39, 0.29) is 11.2 Å². The highest BCUT2D eigenvalue weighted by atomic mass is 32.2. The van der Waals surface area contributed by atoms with Gasteiger partial charge in [0.2, 0.25) is 5.91 Å². The normalized spacial score (nSPS) is 16.5. The maximum atomic E-state index is 12.4. The molecule has 0 spiro atoms. The number of rotatable bonds is 6. The summed E-state index contributed by atoms with van der Waals surface area (Å²) in [5.74, 6) is 0.734. The molecule has 1 atom stereocenters. The number of nitrogens with zero attached hydrogens (tertiary/aromatic N) is 2. The van der Waals surface area contributed by atoms with Gasteiger partial charge in [-0.3, -0.25) is 4.79 Å². The van der Waals surface area contributed by atoms with Crippen molar-refractivity contribution in [1.82, 2.24) is 15.1 Å². The Bertz CT molecular complexity index is 750. The van der Waals surface area contributed by atoms with E-state index in [0.717, 1.165) is 16.6 Å². The quantitative estimate of drug-likeness (QED) is 0.563. The van der Waals surface area contributed by atoms with Crippen molar-refractivity contribution in [2.45, 2.75) is 48.6 Å². The Labute approximate surface area is 162 Å². The van der Waals surface area contributed by atoms with E-state index in [4.69, 9.17) is 12.2 Å². The van der Waals surface area contributed by atoms with Gasteiger partial charge >= 0.3 is 0 Å². The van der Waals surface area contributed by atoms with Crippen molar-refractivity contribution < 1.29 is 4.79 Å². The minimum Gasteiger partial charge on any atom is -0.355 e. The molecular formula is C18H23N3OS3. The van der Waals surface area contributed by atoms with Crippen LogP contribution in [0.1, 0.15) is 39.0 Å². The molecule has 1 aromatic heterocycles. The highest BCUT2D eigenvalue weighted by Gasteiger charge is 2.19. The Morgan fingerprint density at radius 3 is 2.80 bits per heavy atom. The number of amides is 1. The van der Waals surface area contributed by atoms with Crippen molar-refractivity contribution >= 4 is 41.2 Å². The molecule has 0 aliphatic heterocycles. The first-order valence-electron chi connectivity index (χ1n) is 8.73. The summed E-state index contributed by atoms with van der Waals surface area (Å²) in [6, 6.07) is 9.84. The third kappa shape index (κ3) is 5.15. The molecule has 4 nitrogen and oxygen atoms in total. The highest BCUT2D eigenvalue weighted by molar-refractivity contribution is 8.02. The number of carbonyl (C=O) groups is 1. The molecule has 0 radical (unpaired) electrons. The summed E-state index contributed by atoms with van der Waals surface area (Å²) in [6.07, 6.45) is 6.41. The van der Waals surface area contributed by atoms with Crippen molar-refractivity contribution in [3.05, 3.63) is 34.3 Å². The van der Waals surface area contributed by atoms with E-state index in [0.29, 0.717) is 9.87 Å². The van der Waals surface area contributed by atoms with Crippen LogP contribution >= 0.6 is 35.3 Å². The zero-order chi connectivity index (χ0) is 17.6. The molecular weight excluding hydrogens is 370 g/mol. The van der Waals surface area contributed by atoms with Gasteiger partial charge in [0.1, 0.15) is 0 Å². The second-order valence-electron chi connectivity index (χ2n) is 6.39. The smallest absolute Gasteiger partial charge is 0.233 e. The fourth-order valence-corrected chi connectivity index (χ4v) is 5.56. The van der Waals surface area contributed by atoms with E-state index in [1.54, 1.807) is 4.68 Å². The fraction of sp³-hybridized carbons (Fsp3) is 0.500. The van der Waals surface area contributed by atoms with Crippen LogP contribution in [0, 0.1) is 9.87 Å². The Morgan fingerprint density at radius 2 is 2.08 bits per heavy atom. The van der Waals surface area contributed by atoms with Gasteiger partial charge in [0, 0.05) is 6.54 Å². The molecule has 1 fully saturated rings. The first kappa shape index (κ1) is 18.6. The molecule has 1 aromatic carbocycles. The summed E-state index contributed by atoms with van der Waals surface area (Å²) < 4.78 is 3.28. The lowest BCUT2D eigenvalue weighted by molar-refractivity contribution is -0.120. The topological polar surface area (TPSA) is 46.9 Å². The molecule has 1 unspecified atom stereocenters. The summed E-state index contributed by atoms with van der Waals surface area (Å²) in [4.78, 5) is 12.4. The molecule has 1 amide bonds. The van der Waals surface area contributed by atoms with Gasteiger partial charge in [-0.1, -0.05) is 60.6 Å². The molecule has 134 valence electrons. The maximum Gasteiger partial charge on any atom is 0.233 e. The van der Waals surface area contributed by atoms with Crippen LogP contribution in [0.2, 0.25) is 0 Å². The minimum atomic E-state index is -0.173. The SMILES string of the molecule is CC(Sc1nn(-c2ccccc2)c(=S)s1)C(=O)NCC1CCCCC1. The van der Waals surface area contributed by atoms with Gasteiger partial charge < -0.3 is 5.32 Å².